The summed E-state index contributed by atoms with van der Waals surface area (Å²) in [6, 6.07) is 5.90. The topological polar surface area (TPSA) is 44.9 Å². The lowest BCUT2D eigenvalue weighted by molar-refractivity contribution is -0.120. The molecule has 100 valence electrons. The molecule has 1 aromatic heterocycles. The van der Waals surface area contributed by atoms with Gasteiger partial charge in [0, 0.05) is 40.5 Å². The van der Waals surface area contributed by atoms with Crippen LogP contribution in [0, 0.1) is 0 Å². The van der Waals surface area contributed by atoms with E-state index in [0.29, 0.717) is 6.42 Å². The summed E-state index contributed by atoms with van der Waals surface area (Å²) in [6.45, 7) is 2.60. The van der Waals surface area contributed by atoms with E-state index in [2.05, 4.69) is 16.5 Å². The number of benzene rings is 1. The first-order valence-corrected chi connectivity index (χ1v) is 7.06. The monoisotopic (exact) mass is 276 g/mol. The molecule has 3 rings (SSSR count). The Labute approximate surface area is 117 Å². The Hall–Kier alpha value is -1.48. The molecule has 0 atom stereocenters. The second-order valence-electron chi connectivity index (χ2n) is 5.30. The molecule has 3 nitrogen and oxygen atoms in total. The quantitative estimate of drug-likeness (QED) is 0.883. The average Bonchev–Trinajstić information content (AvgIpc) is 3.09. The van der Waals surface area contributed by atoms with Crippen LogP contribution in [0.2, 0.25) is 5.02 Å². The second kappa shape index (κ2) is 4.57. The molecule has 1 amide bonds. The summed E-state index contributed by atoms with van der Waals surface area (Å²) in [7, 11) is 0. The third-order valence-corrected chi connectivity index (χ3v) is 4.25. The molecule has 2 aromatic rings. The van der Waals surface area contributed by atoms with Crippen molar-refractivity contribution in [2.24, 2.45) is 0 Å². The number of carbonyl (C=O) groups is 1. The number of halogens is 1. The van der Waals surface area contributed by atoms with Gasteiger partial charge in [0.2, 0.25) is 5.91 Å². The summed E-state index contributed by atoms with van der Waals surface area (Å²) >= 11 is 6.08. The van der Waals surface area contributed by atoms with Crippen molar-refractivity contribution in [2.75, 3.05) is 6.54 Å². The van der Waals surface area contributed by atoms with Crippen LogP contribution in [0.5, 0.6) is 0 Å². The van der Waals surface area contributed by atoms with Gasteiger partial charge >= 0.3 is 0 Å². The average molecular weight is 277 g/mol. The molecule has 0 spiro atoms. The highest BCUT2D eigenvalue weighted by Crippen LogP contribution is 2.50. The lowest BCUT2D eigenvalue weighted by Crippen LogP contribution is -2.31. The standard InChI is InChI=1S/C15H17ClN2O/c1-2-14(19)18-9-15(5-6-15)12-8-17-13-4-3-10(16)7-11(12)13/h3-4,7-8,17H,2,5-6,9H2,1H3,(H,18,19). The first-order chi connectivity index (χ1) is 9.14. The molecule has 1 aliphatic rings. The number of aromatic amines is 1. The Morgan fingerprint density at radius 2 is 2.26 bits per heavy atom. The van der Waals surface area contributed by atoms with Crippen molar-refractivity contribution in [3.05, 3.63) is 35.0 Å². The minimum atomic E-state index is 0.105. The van der Waals surface area contributed by atoms with Gasteiger partial charge in [-0.1, -0.05) is 18.5 Å². The smallest absolute Gasteiger partial charge is 0.219 e. The Balaban J connectivity index is 1.91. The first kappa shape index (κ1) is 12.5. The molecule has 0 unspecified atom stereocenters. The zero-order chi connectivity index (χ0) is 13.5. The van der Waals surface area contributed by atoms with Crippen LogP contribution in [-0.2, 0) is 10.2 Å². The van der Waals surface area contributed by atoms with Crippen molar-refractivity contribution in [3.63, 3.8) is 0 Å². The Bertz CT molecular complexity index is 628. The van der Waals surface area contributed by atoms with Crippen LogP contribution in [0.4, 0.5) is 0 Å². The number of rotatable bonds is 4. The molecule has 19 heavy (non-hydrogen) atoms. The van der Waals surface area contributed by atoms with E-state index in [1.807, 2.05) is 25.1 Å². The van der Waals surface area contributed by atoms with Gasteiger partial charge in [0.1, 0.15) is 0 Å². The van der Waals surface area contributed by atoms with Crippen LogP contribution in [0.1, 0.15) is 31.7 Å². The van der Waals surface area contributed by atoms with Crippen molar-refractivity contribution in [2.45, 2.75) is 31.6 Å². The van der Waals surface area contributed by atoms with Crippen LogP contribution in [0.15, 0.2) is 24.4 Å². The minimum absolute atomic E-state index is 0.105. The maximum absolute atomic E-state index is 11.4. The van der Waals surface area contributed by atoms with Crippen LogP contribution >= 0.6 is 11.6 Å². The summed E-state index contributed by atoms with van der Waals surface area (Å²) < 4.78 is 0. The number of fused-ring (bicyclic) bond motifs is 1. The lowest BCUT2D eigenvalue weighted by atomic mass is 9.95. The molecule has 1 fully saturated rings. The van der Waals surface area contributed by atoms with Gasteiger partial charge in [-0.3, -0.25) is 4.79 Å². The van der Waals surface area contributed by atoms with E-state index in [9.17, 15) is 4.79 Å². The number of aromatic nitrogens is 1. The highest BCUT2D eigenvalue weighted by Gasteiger charge is 2.45. The van der Waals surface area contributed by atoms with Crippen molar-refractivity contribution in [1.82, 2.24) is 10.3 Å². The maximum Gasteiger partial charge on any atom is 0.219 e. The molecule has 0 bridgehead atoms. The van der Waals surface area contributed by atoms with Crippen LogP contribution in [-0.4, -0.2) is 17.4 Å². The maximum atomic E-state index is 11.4. The molecular weight excluding hydrogens is 260 g/mol. The SMILES string of the molecule is CCC(=O)NCC1(c2c[nH]c3ccc(Cl)cc23)CC1. The number of hydrogen-bond donors (Lipinski definition) is 2. The van der Waals surface area contributed by atoms with E-state index in [4.69, 9.17) is 11.6 Å². The van der Waals surface area contributed by atoms with Crippen molar-refractivity contribution in [1.29, 1.82) is 0 Å². The molecule has 1 saturated carbocycles. The zero-order valence-corrected chi connectivity index (χ0v) is 11.7. The molecule has 0 radical (unpaired) electrons. The Morgan fingerprint density at radius 3 is 2.95 bits per heavy atom. The normalized spacial score (nSPS) is 16.5. The third-order valence-electron chi connectivity index (χ3n) is 4.01. The predicted octanol–water partition coefficient (Wildman–Crippen LogP) is 3.38. The van der Waals surface area contributed by atoms with E-state index in [0.717, 1.165) is 29.9 Å². The summed E-state index contributed by atoms with van der Waals surface area (Å²) in [5.41, 5.74) is 2.49. The van der Waals surface area contributed by atoms with Gasteiger partial charge in [-0.25, -0.2) is 0 Å². The molecule has 4 heteroatoms. The van der Waals surface area contributed by atoms with Gasteiger partial charge in [-0.2, -0.15) is 0 Å². The summed E-state index contributed by atoms with van der Waals surface area (Å²) in [4.78, 5) is 14.7. The molecule has 1 aromatic carbocycles. The van der Waals surface area contributed by atoms with Gasteiger partial charge < -0.3 is 10.3 Å². The van der Waals surface area contributed by atoms with Crippen LogP contribution in [0.25, 0.3) is 10.9 Å². The van der Waals surface area contributed by atoms with E-state index in [-0.39, 0.29) is 11.3 Å². The third kappa shape index (κ3) is 2.23. The van der Waals surface area contributed by atoms with Gasteiger partial charge in [-0.05, 0) is 36.6 Å². The predicted molar refractivity (Wildman–Crippen MR) is 77.5 cm³/mol. The van der Waals surface area contributed by atoms with Crippen molar-refractivity contribution >= 4 is 28.4 Å². The Morgan fingerprint density at radius 1 is 1.47 bits per heavy atom. The fourth-order valence-corrected chi connectivity index (χ4v) is 2.79. The number of amides is 1. The number of hydrogen-bond acceptors (Lipinski definition) is 1. The minimum Gasteiger partial charge on any atom is -0.361 e. The summed E-state index contributed by atoms with van der Waals surface area (Å²) in [6.07, 6.45) is 4.84. The van der Waals surface area contributed by atoms with Gasteiger partial charge in [0.15, 0.2) is 0 Å². The zero-order valence-electron chi connectivity index (χ0n) is 10.9. The molecule has 0 saturated heterocycles. The van der Waals surface area contributed by atoms with Gasteiger partial charge in [0.05, 0.1) is 0 Å². The van der Waals surface area contributed by atoms with Crippen molar-refractivity contribution < 1.29 is 4.79 Å². The van der Waals surface area contributed by atoms with Gasteiger partial charge in [-0.15, -0.1) is 0 Å². The van der Waals surface area contributed by atoms with E-state index < -0.39 is 0 Å². The van der Waals surface area contributed by atoms with E-state index in [1.54, 1.807) is 0 Å². The number of carbonyl (C=O) groups excluding carboxylic acids is 1. The number of H-pyrrole nitrogens is 1. The largest absolute Gasteiger partial charge is 0.361 e. The Kier molecular flexibility index (Phi) is 3.02. The summed E-state index contributed by atoms with van der Waals surface area (Å²) in [5, 5.41) is 4.95. The van der Waals surface area contributed by atoms with Crippen LogP contribution in [0.3, 0.4) is 0 Å². The van der Waals surface area contributed by atoms with E-state index >= 15 is 0 Å². The molecule has 1 aliphatic carbocycles. The van der Waals surface area contributed by atoms with Crippen LogP contribution < -0.4 is 5.32 Å². The number of nitrogens with one attached hydrogen (secondary N) is 2. The molecular formula is C15H17ClN2O. The fraction of sp³-hybridized carbons (Fsp3) is 0.400. The van der Waals surface area contributed by atoms with Gasteiger partial charge in [0.25, 0.3) is 0 Å². The second-order valence-corrected chi connectivity index (χ2v) is 5.74. The first-order valence-electron chi connectivity index (χ1n) is 6.68. The molecule has 1 heterocycles. The molecule has 2 N–H and O–H groups in total. The lowest BCUT2D eigenvalue weighted by Gasteiger charge is -2.15. The van der Waals surface area contributed by atoms with Crippen molar-refractivity contribution in [3.8, 4) is 0 Å². The summed E-state index contributed by atoms with van der Waals surface area (Å²) in [5.74, 6) is 0.115. The highest BCUT2D eigenvalue weighted by molar-refractivity contribution is 6.31. The highest BCUT2D eigenvalue weighted by atomic mass is 35.5. The molecule has 0 aliphatic heterocycles. The van der Waals surface area contributed by atoms with E-state index in [1.165, 1.54) is 10.9 Å². The fourth-order valence-electron chi connectivity index (χ4n) is 2.62.